The molecule has 2 heteroatoms. The van der Waals surface area contributed by atoms with Crippen LogP contribution < -0.4 is 4.90 Å². The molecule has 1 atom stereocenters. The number of nitrogens with zero attached hydrogens (tertiary/aromatic N) is 1. The molecule has 1 aromatic carbocycles. The molecular weight excluding hydrogens is 274 g/mol. The minimum atomic E-state index is 0.946. The Balaban J connectivity index is 2.01. The SMILES string of the molecule is CCC1CCCN(c2ccc(CBr)cc2)CC1. The van der Waals surface area contributed by atoms with Crippen LogP contribution in [0.3, 0.4) is 0 Å². The van der Waals surface area contributed by atoms with E-state index in [1.807, 2.05) is 0 Å². The highest BCUT2D eigenvalue weighted by Gasteiger charge is 2.15. The van der Waals surface area contributed by atoms with Gasteiger partial charge in [0.2, 0.25) is 0 Å². The highest BCUT2D eigenvalue weighted by atomic mass is 79.9. The maximum absolute atomic E-state index is 3.49. The summed E-state index contributed by atoms with van der Waals surface area (Å²) in [6.07, 6.45) is 5.46. The summed E-state index contributed by atoms with van der Waals surface area (Å²) in [5, 5.41) is 0.950. The molecule has 1 aliphatic rings. The van der Waals surface area contributed by atoms with Gasteiger partial charge in [0.1, 0.15) is 0 Å². The van der Waals surface area contributed by atoms with Crippen LogP contribution in [0.2, 0.25) is 0 Å². The first-order valence-corrected chi connectivity index (χ1v) is 7.85. The van der Waals surface area contributed by atoms with Crippen LogP contribution in [0.15, 0.2) is 24.3 Å². The largest absolute Gasteiger partial charge is 0.372 e. The van der Waals surface area contributed by atoms with Crippen LogP contribution in [-0.4, -0.2) is 13.1 Å². The third-order valence-corrected chi connectivity index (χ3v) is 4.53. The van der Waals surface area contributed by atoms with E-state index in [4.69, 9.17) is 0 Å². The molecule has 0 bridgehead atoms. The second kappa shape index (κ2) is 6.44. The van der Waals surface area contributed by atoms with E-state index in [2.05, 4.69) is 52.0 Å². The van der Waals surface area contributed by atoms with Crippen LogP contribution in [0.5, 0.6) is 0 Å². The summed E-state index contributed by atoms with van der Waals surface area (Å²) in [6.45, 7) is 4.78. The fourth-order valence-corrected chi connectivity index (χ4v) is 3.00. The smallest absolute Gasteiger partial charge is 0.0366 e. The average molecular weight is 296 g/mol. The van der Waals surface area contributed by atoms with Gasteiger partial charge in [0, 0.05) is 24.1 Å². The second-order valence-electron chi connectivity index (χ2n) is 4.99. The predicted octanol–water partition coefficient (Wildman–Crippen LogP) is 4.60. The van der Waals surface area contributed by atoms with E-state index in [1.54, 1.807) is 0 Å². The fraction of sp³-hybridized carbons (Fsp3) is 0.600. The lowest BCUT2D eigenvalue weighted by Crippen LogP contribution is -2.24. The van der Waals surface area contributed by atoms with Crippen molar-refractivity contribution in [3.05, 3.63) is 29.8 Å². The number of hydrogen-bond acceptors (Lipinski definition) is 1. The maximum Gasteiger partial charge on any atom is 0.0366 e. The van der Waals surface area contributed by atoms with Crippen molar-refractivity contribution in [2.45, 2.75) is 37.9 Å². The molecular formula is C15H22BrN. The molecule has 1 fully saturated rings. The standard InChI is InChI=1S/C15H22BrN/c1-2-13-4-3-10-17(11-9-13)15-7-5-14(12-16)6-8-15/h5-8,13H,2-4,9-12H2,1H3. The van der Waals surface area contributed by atoms with Gasteiger partial charge in [-0.3, -0.25) is 0 Å². The molecule has 1 aliphatic heterocycles. The predicted molar refractivity (Wildman–Crippen MR) is 78.9 cm³/mol. The first-order valence-electron chi connectivity index (χ1n) is 6.73. The molecule has 0 saturated carbocycles. The normalized spacial score (nSPS) is 21.3. The third-order valence-electron chi connectivity index (χ3n) is 3.88. The molecule has 94 valence electrons. The van der Waals surface area contributed by atoms with Gasteiger partial charge in [-0.05, 0) is 42.9 Å². The van der Waals surface area contributed by atoms with Crippen LogP contribution in [0, 0.1) is 5.92 Å². The molecule has 1 unspecified atom stereocenters. The highest BCUT2D eigenvalue weighted by molar-refractivity contribution is 9.08. The van der Waals surface area contributed by atoms with Gasteiger partial charge in [-0.1, -0.05) is 41.4 Å². The molecule has 17 heavy (non-hydrogen) atoms. The number of anilines is 1. The van der Waals surface area contributed by atoms with Crippen molar-refractivity contribution in [1.82, 2.24) is 0 Å². The molecule has 0 N–H and O–H groups in total. The molecule has 0 spiro atoms. The van der Waals surface area contributed by atoms with Crippen molar-refractivity contribution in [1.29, 1.82) is 0 Å². The van der Waals surface area contributed by atoms with Gasteiger partial charge < -0.3 is 4.90 Å². The monoisotopic (exact) mass is 295 g/mol. The van der Waals surface area contributed by atoms with E-state index in [0.29, 0.717) is 0 Å². The topological polar surface area (TPSA) is 3.24 Å². The first-order chi connectivity index (χ1) is 8.33. The van der Waals surface area contributed by atoms with Crippen molar-refractivity contribution in [3.8, 4) is 0 Å². The summed E-state index contributed by atoms with van der Waals surface area (Å²) in [5.74, 6) is 0.946. The third kappa shape index (κ3) is 3.48. The zero-order chi connectivity index (χ0) is 12.1. The summed E-state index contributed by atoms with van der Waals surface area (Å²) < 4.78 is 0. The second-order valence-corrected chi connectivity index (χ2v) is 5.55. The van der Waals surface area contributed by atoms with Gasteiger partial charge in [-0.25, -0.2) is 0 Å². The van der Waals surface area contributed by atoms with E-state index < -0.39 is 0 Å². The van der Waals surface area contributed by atoms with Crippen molar-refractivity contribution >= 4 is 21.6 Å². The molecule has 1 aromatic rings. The zero-order valence-electron chi connectivity index (χ0n) is 10.7. The summed E-state index contributed by atoms with van der Waals surface area (Å²) in [7, 11) is 0. The van der Waals surface area contributed by atoms with Gasteiger partial charge in [0.25, 0.3) is 0 Å². The Morgan fingerprint density at radius 2 is 1.94 bits per heavy atom. The van der Waals surface area contributed by atoms with Gasteiger partial charge in [-0.2, -0.15) is 0 Å². The van der Waals surface area contributed by atoms with Gasteiger partial charge in [-0.15, -0.1) is 0 Å². The summed E-state index contributed by atoms with van der Waals surface area (Å²) >= 11 is 3.49. The van der Waals surface area contributed by atoms with Crippen LogP contribution in [0.25, 0.3) is 0 Å². The Kier molecular flexibility index (Phi) is 4.90. The lowest BCUT2D eigenvalue weighted by molar-refractivity contribution is 0.459. The lowest BCUT2D eigenvalue weighted by atomic mass is 9.98. The Morgan fingerprint density at radius 1 is 1.18 bits per heavy atom. The summed E-state index contributed by atoms with van der Waals surface area (Å²) in [4.78, 5) is 2.55. The minimum Gasteiger partial charge on any atom is -0.372 e. The van der Waals surface area contributed by atoms with Gasteiger partial charge >= 0.3 is 0 Å². The van der Waals surface area contributed by atoms with E-state index in [0.717, 1.165) is 11.2 Å². The first kappa shape index (κ1) is 12.9. The van der Waals surface area contributed by atoms with E-state index >= 15 is 0 Å². The minimum absolute atomic E-state index is 0.946. The highest BCUT2D eigenvalue weighted by Crippen LogP contribution is 2.24. The van der Waals surface area contributed by atoms with Crippen molar-refractivity contribution in [3.63, 3.8) is 0 Å². The number of hydrogen-bond donors (Lipinski definition) is 0. The van der Waals surface area contributed by atoms with E-state index in [9.17, 15) is 0 Å². The van der Waals surface area contributed by atoms with Gasteiger partial charge in [0.05, 0.1) is 0 Å². The maximum atomic E-state index is 3.49. The molecule has 0 amide bonds. The van der Waals surface area contributed by atoms with E-state index in [-0.39, 0.29) is 0 Å². The Morgan fingerprint density at radius 3 is 2.59 bits per heavy atom. The molecule has 1 nitrogen and oxygen atoms in total. The molecule has 1 saturated heterocycles. The molecule has 0 aliphatic carbocycles. The van der Waals surface area contributed by atoms with Crippen molar-refractivity contribution < 1.29 is 0 Å². The van der Waals surface area contributed by atoms with Crippen LogP contribution in [0.1, 0.15) is 38.2 Å². The number of halogens is 1. The zero-order valence-corrected chi connectivity index (χ0v) is 12.2. The summed E-state index contributed by atoms with van der Waals surface area (Å²) in [6, 6.07) is 8.99. The fourth-order valence-electron chi connectivity index (χ4n) is 2.63. The summed E-state index contributed by atoms with van der Waals surface area (Å²) in [5.41, 5.74) is 2.75. The Hall–Kier alpha value is -0.500. The van der Waals surface area contributed by atoms with Crippen LogP contribution in [-0.2, 0) is 5.33 Å². The van der Waals surface area contributed by atoms with Crippen LogP contribution >= 0.6 is 15.9 Å². The van der Waals surface area contributed by atoms with Crippen molar-refractivity contribution in [2.75, 3.05) is 18.0 Å². The quantitative estimate of drug-likeness (QED) is 0.737. The van der Waals surface area contributed by atoms with Crippen molar-refractivity contribution in [2.24, 2.45) is 5.92 Å². The molecule has 0 radical (unpaired) electrons. The number of benzene rings is 1. The number of rotatable bonds is 3. The number of alkyl halides is 1. The van der Waals surface area contributed by atoms with Gasteiger partial charge in [0.15, 0.2) is 0 Å². The van der Waals surface area contributed by atoms with E-state index in [1.165, 1.54) is 50.0 Å². The molecule has 0 aromatic heterocycles. The molecule has 2 rings (SSSR count). The van der Waals surface area contributed by atoms with Crippen LogP contribution in [0.4, 0.5) is 5.69 Å². The average Bonchev–Trinajstić information content (AvgIpc) is 2.64. The lowest BCUT2D eigenvalue weighted by Gasteiger charge is -2.23. The molecule has 1 heterocycles. The Bertz CT molecular complexity index is 333. The Labute approximate surface area is 113 Å².